The summed E-state index contributed by atoms with van der Waals surface area (Å²) >= 11 is 0. The Balaban J connectivity index is 1.84. The van der Waals surface area contributed by atoms with Gasteiger partial charge in [0.2, 0.25) is 10.0 Å². The van der Waals surface area contributed by atoms with E-state index in [1.165, 1.54) is 12.1 Å². The van der Waals surface area contributed by atoms with Gasteiger partial charge < -0.3 is 10.1 Å². The molecule has 10 heteroatoms. The number of benzene rings is 2. The summed E-state index contributed by atoms with van der Waals surface area (Å²) in [7, 11) is -3.93. The number of hydrogen-bond donors (Lipinski definition) is 2. The Morgan fingerprint density at radius 3 is 2.39 bits per heavy atom. The molecule has 2 aromatic carbocycles. The number of nitrogens with one attached hydrogen (secondary N) is 2. The van der Waals surface area contributed by atoms with Crippen molar-refractivity contribution in [2.24, 2.45) is 0 Å². The normalized spacial score (nSPS) is 11.1. The smallest absolute Gasteiger partial charge is 0.321 e. The molecule has 0 aliphatic rings. The third kappa shape index (κ3) is 5.83. The average Bonchev–Trinajstić information content (AvgIpc) is 2.63. The first-order chi connectivity index (χ1) is 13.1. The summed E-state index contributed by atoms with van der Waals surface area (Å²) in [4.78, 5) is 23.3. The standard InChI is InChI=1S/C18H18F2N2O5S/c1-11-3-5-14(7-12(11)2)28(25,26)21-9-18(24)27-10-17(23)22-16-6-4-13(19)8-15(16)20/h3-8,21H,9-10H2,1-2H3,(H,22,23). The number of sulfonamides is 1. The van der Waals surface area contributed by atoms with Crippen molar-refractivity contribution in [1.82, 2.24) is 4.72 Å². The Bertz CT molecular complexity index is 1010. The van der Waals surface area contributed by atoms with Gasteiger partial charge in [-0.25, -0.2) is 17.2 Å². The van der Waals surface area contributed by atoms with Crippen molar-refractivity contribution in [3.8, 4) is 0 Å². The second-order valence-corrected chi connectivity index (χ2v) is 7.67. The van der Waals surface area contributed by atoms with Gasteiger partial charge in [-0.05, 0) is 49.2 Å². The first kappa shape index (κ1) is 21.5. The van der Waals surface area contributed by atoms with Gasteiger partial charge in [-0.15, -0.1) is 0 Å². The lowest BCUT2D eigenvalue weighted by atomic mass is 10.1. The van der Waals surface area contributed by atoms with Crippen LogP contribution in [0.1, 0.15) is 11.1 Å². The number of halogens is 2. The van der Waals surface area contributed by atoms with Crippen LogP contribution in [0, 0.1) is 25.5 Å². The number of carbonyl (C=O) groups excluding carboxylic acids is 2. The molecule has 0 saturated heterocycles. The van der Waals surface area contributed by atoms with Crippen LogP contribution in [0.5, 0.6) is 0 Å². The van der Waals surface area contributed by atoms with E-state index < -0.39 is 46.7 Å². The summed E-state index contributed by atoms with van der Waals surface area (Å²) < 4.78 is 57.3. The third-order valence-corrected chi connectivity index (χ3v) is 5.16. The molecular weight excluding hydrogens is 394 g/mol. The minimum atomic E-state index is -3.93. The van der Waals surface area contributed by atoms with E-state index in [1.807, 2.05) is 6.92 Å². The predicted octanol–water partition coefficient (Wildman–Crippen LogP) is 2.04. The molecule has 1 amide bonds. The Morgan fingerprint density at radius 1 is 1.04 bits per heavy atom. The maximum absolute atomic E-state index is 13.4. The van der Waals surface area contributed by atoms with Crippen LogP contribution in [0.25, 0.3) is 0 Å². The van der Waals surface area contributed by atoms with Gasteiger partial charge in [-0.1, -0.05) is 6.07 Å². The van der Waals surface area contributed by atoms with Crippen molar-refractivity contribution < 1.29 is 31.5 Å². The minimum absolute atomic E-state index is 0.00655. The zero-order chi connectivity index (χ0) is 20.9. The molecule has 2 aromatic rings. The van der Waals surface area contributed by atoms with Gasteiger partial charge in [0.15, 0.2) is 6.61 Å². The summed E-state index contributed by atoms with van der Waals surface area (Å²) in [5, 5.41) is 2.11. The Morgan fingerprint density at radius 2 is 1.75 bits per heavy atom. The summed E-state index contributed by atoms with van der Waals surface area (Å²) in [6.07, 6.45) is 0. The van der Waals surface area contributed by atoms with Crippen LogP contribution in [0.15, 0.2) is 41.3 Å². The molecule has 0 aliphatic heterocycles. The Kier molecular flexibility index (Phi) is 6.81. The highest BCUT2D eigenvalue weighted by molar-refractivity contribution is 7.89. The first-order valence-electron chi connectivity index (χ1n) is 8.06. The molecule has 150 valence electrons. The molecule has 0 saturated carbocycles. The molecule has 0 radical (unpaired) electrons. The number of carbonyl (C=O) groups is 2. The van der Waals surface area contributed by atoms with E-state index in [0.29, 0.717) is 6.07 Å². The second-order valence-electron chi connectivity index (χ2n) is 5.90. The van der Waals surface area contributed by atoms with E-state index in [4.69, 9.17) is 0 Å². The largest absolute Gasteiger partial charge is 0.455 e. The first-order valence-corrected chi connectivity index (χ1v) is 9.54. The van der Waals surface area contributed by atoms with E-state index in [1.54, 1.807) is 13.0 Å². The molecule has 0 fully saturated rings. The average molecular weight is 412 g/mol. The molecule has 28 heavy (non-hydrogen) atoms. The highest BCUT2D eigenvalue weighted by Gasteiger charge is 2.17. The lowest BCUT2D eigenvalue weighted by molar-refractivity contribution is -0.146. The van der Waals surface area contributed by atoms with Crippen molar-refractivity contribution in [2.75, 3.05) is 18.5 Å². The van der Waals surface area contributed by atoms with Crippen molar-refractivity contribution >= 4 is 27.6 Å². The topological polar surface area (TPSA) is 102 Å². The van der Waals surface area contributed by atoms with E-state index in [9.17, 15) is 26.8 Å². The lowest BCUT2D eigenvalue weighted by Gasteiger charge is -2.09. The number of esters is 1. The minimum Gasteiger partial charge on any atom is -0.455 e. The number of anilines is 1. The lowest BCUT2D eigenvalue weighted by Crippen LogP contribution is -2.32. The van der Waals surface area contributed by atoms with Gasteiger partial charge in [0.25, 0.3) is 5.91 Å². The van der Waals surface area contributed by atoms with E-state index in [2.05, 4.69) is 14.8 Å². The highest BCUT2D eigenvalue weighted by Crippen LogP contribution is 2.15. The predicted molar refractivity (Wildman–Crippen MR) is 97.1 cm³/mol. The SMILES string of the molecule is Cc1ccc(S(=O)(=O)NCC(=O)OCC(=O)Nc2ccc(F)cc2F)cc1C. The summed E-state index contributed by atoms with van der Waals surface area (Å²) in [5.41, 5.74) is 1.41. The highest BCUT2D eigenvalue weighted by atomic mass is 32.2. The van der Waals surface area contributed by atoms with Gasteiger partial charge in [0.1, 0.15) is 18.2 Å². The van der Waals surface area contributed by atoms with E-state index in [0.717, 1.165) is 23.3 Å². The monoisotopic (exact) mass is 412 g/mol. The maximum Gasteiger partial charge on any atom is 0.321 e. The zero-order valence-corrected chi connectivity index (χ0v) is 15.9. The van der Waals surface area contributed by atoms with Crippen LogP contribution in [-0.2, 0) is 24.3 Å². The Labute approximate surface area is 160 Å². The quantitative estimate of drug-likeness (QED) is 0.678. The number of hydrogen-bond acceptors (Lipinski definition) is 5. The van der Waals surface area contributed by atoms with Crippen molar-refractivity contribution in [3.05, 3.63) is 59.2 Å². The molecule has 0 aromatic heterocycles. The molecular formula is C18H18F2N2O5S. The van der Waals surface area contributed by atoms with Crippen LogP contribution in [-0.4, -0.2) is 33.4 Å². The Hall–Kier alpha value is -2.85. The van der Waals surface area contributed by atoms with Gasteiger partial charge in [-0.2, -0.15) is 4.72 Å². The second kappa shape index (κ2) is 8.89. The fourth-order valence-corrected chi connectivity index (χ4v) is 3.15. The fraction of sp³-hybridized carbons (Fsp3) is 0.222. The third-order valence-electron chi connectivity index (χ3n) is 3.76. The molecule has 0 spiro atoms. The van der Waals surface area contributed by atoms with Gasteiger partial charge in [-0.3, -0.25) is 9.59 Å². The molecule has 0 aliphatic carbocycles. The van der Waals surface area contributed by atoms with Gasteiger partial charge in [0, 0.05) is 6.07 Å². The van der Waals surface area contributed by atoms with Crippen LogP contribution in [0.4, 0.5) is 14.5 Å². The molecule has 2 rings (SSSR count). The zero-order valence-electron chi connectivity index (χ0n) is 15.1. The summed E-state index contributed by atoms with van der Waals surface area (Å²) in [5.74, 6) is -3.66. The molecule has 0 atom stereocenters. The number of ether oxygens (including phenoxy) is 1. The molecule has 7 nitrogen and oxygen atoms in total. The molecule has 0 bridgehead atoms. The summed E-state index contributed by atoms with van der Waals surface area (Å²) in [6.45, 7) is 2.14. The molecule has 0 unspecified atom stereocenters. The van der Waals surface area contributed by atoms with Gasteiger partial charge in [0.05, 0.1) is 10.6 Å². The van der Waals surface area contributed by atoms with E-state index >= 15 is 0 Å². The number of rotatable bonds is 7. The molecule has 2 N–H and O–H groups in total. The van der Waals surface area contributed by atoms with Gasteiger partial charge >= 0.3 is 5.97 Å². The number of aryl methyl sites for hydroxylation is 2. The fourth-order valence-electron chi connectivity index (χ4n) is 2.09. The van der Waals surface area contributed by atoms with Crippen LogP contribution in [0.2, 0.25) is 0 Å². The maximum atomic E-state index is 13.4. The van der Waals surface area contributed by atoms with Crippen LogP contribution >= 0.6 is 0 Å². The van der Waals surface area contributed by atoms with Crippen molar-refractivity contribution in [2.45, 2.75) is 18.7 Å². The van der Waals surface area contributed by atoms with Crippen molar-refractivity contribution in [1.29, 1.82) is 0 Å². The summed E-state index contributed by atoms with van der Waals surface area (Å²) in [6, 6.07) is 7.06. The van der Waals surface area contributed by atoms with Crippen LogP contribution < -0.4 is 10.0 Å². The van der Waals surface area contributed by atoms with Crippen molar-refractivity contribution in [3.63, 3.8) is 0 Å². The van der Waals surface area contributed by atoms with Crippen LogP contribution in [0.3, 0.4) is 0 Å². The van der Waals surface area contributed by atoms with E-state index in [-0.39, 0.29) is 10.6 Å². The molecule has 0 heterocycles. The number of amides is 1.